The molecule has 0 aromatic heterocycles. The summed E-state index contributed by atoms with van der Waals surface area (Å²) >= 11 is 6.24. The third-order valence-electron chi connectivity index (χ3n) is 3.50. The summed E-state index contributed by atoms with van der Waals surface area (Å²) in [4.78, 5) is 0. The molecule has 0 spiro atoms. The number of hydrogen-bond acceptors (Lipinski definition) is 3. The topological polar surface area (TPSA) is 46.2 Å². The molecule has 2 unspecified atom stereocenters. The quantitative estimate of drug-likeness (QED) is 0.600. The third-order valence-corrected chi connectivity index (χ3v) is 6.29. The molecule has 1 aliphatic carbocycles. The fraction of sp³-hybridized carbons (Fsp3) is 1.00. The van der Waals surface area contributed by atoms with Crippen molar-refractivity contribution in [1.82, 2.24) is 5.32 Å². The van der Waals surface area contributed by atoms with Crippen LogP contribution in [-0.4, -0.2) is 37.9 Å². The number of sulfone groups is 1. The number of nitrogens with one attached hydrogen (secondary N) is 1. The second kappa shape index (κ2) is 6.95. The molecule has 102 valence electrons. The summed E-state index contributed by atoms with van der Waals surface area (Å²) in [5.41, 5.74) is 0. The Balaban J connectivity index is 2.20. The van der Waals surface area contributed by atoms with Gasteiger partial charge in [0.2, 0.25) is 0 Å². The van der Waals surface area contributed by atoms with Gasteiger partial charge in [0, 0.05) is 11.9 Å². The normalized spacial score (nSPS) is 26.4. The zero-order valence-corrected chi connectivity index (χ0v) is 12.4. The Labute approximate surface area is 110 Å². The van der Waals surface area contributed by atoms with E-state index >= 15 is 0 Å². The van der Waals surface area contributed by atoms with E-state index in [0.717, 1.165) is 19.4 Å². The minimum atomic E-state index is -2.91. The molecule has 5 heteroatoms. The molecule has 1 N–H and O–H groups in total. The largest absolute Gasteiger partial charge is 0.315 e. The predicted octanol–water partition coefficient (Wildman–Crippen LogP) is 2.20. The molecule has 0 aliphatic heterocycles. The molecule has 0 heterocycles. The van der Waals surface area contributed by atoms with Gasteiger partial charge in [-0.1, -0.05) is 12.8 Å². The summed E-state index contributed by atoms with van der Waals surface area (Å²) in [6.45, 7) is 4.85. The average molecular weight is 282 g/mol. The highest BCUT2D eigenvalue weighted by atomic mass is 35.5. The number of rotatable bonds is 6. The summed E-state index contributed by atoms with van der Waals surface area (Å²) in [5.74, 6) is 0.733. The van der Waals surface area contributed by atoms with E-state index in [0.29, 0.717) is 12.5 Å². The molecule has 0 aromatic rings. The van der Waals surface area contributed by atoms with Gasteiger partial charge >= 0.3 is 0 Å². The molecule has 1 aliphatic rings. The number of halogens is 1. The van der Waals surface area contributed by atoms with Gasteiger partial charge in [0.1, 0.15) is 0 Å². The standard InChI is InChI=1S/C12H24ClNO2S/c1-10(2)17(15,16)8-7-14-9-11-5-3-4-6-12(11)13/h10-12,14H,3-9H2,1-2H3. The van der Waals surface area contributed by atoms with Gasteiger partial charge < -0.3 is 5.32 Å². The van der Waals surface area contributed by atoms with Crippen molar-refractivity contribution >= 4 is 21.4 Å². The van der Waals surface area contributed by atoms with E-state index in [2.05, 4.69) is 5.32 Å². The van der Waals surface area contributed by atoms with E-state index in [1.165, 1.54) is 12.8 Å². The Bertz CT molecular complexity index is 316. The van der Waals surface area contributed by atoms with E-state index in [1.54, 1.807) is 13.8 Å². The average Bonchev–Trinajstić information content (AvgIpc) is 2.26. The van der Waals surface area contributed by atoms with E-state index in [1.807, 2.05) is 0 Å². The summed E-state index contributed by atoms with van der Waals surface area (Å²) in [7, 11) is -2.91. The van der Waals surface area contributed by atoms with Crippen molar-refractivity contribution in [3.8, 4) is 0 Å². The zero-order valence-electron chi connectivity index (χ0n) is 10.8. The Morgan fingerprint density at radius 1 is 1.29 bits per heavy atom. The van der Waals surface area contributed by atoms with Gasteiger partial charge in [-0.3, -0.25) is 0 Å². The van der Waals surface area contributed by atoms with Gasteiger partial charge in [0.15, 0.2) is 9.84 Å². The first-order chi connectivity index (χ1) is 7.93. The van der Waals surface area contributed by atoms with Crippen LogP contribution in [0, 0.1) is 5.92 Å². The van der Waals surface area contributed by atoms with Crippen molar-refractivity contribution in [3.05, 3.63) is 0 Å². The molecule has 0 saturated heterocycles. The summed E-state index contributed by atoms with van der Waals surface area (Å²) in [6.07, 6.45) is 4.74. The van der Waals surface area contributed by atoms with Crippen LogP contribution in [0.25, 0.3) is 0 Å². The molecule has 0 radical (unpaired) electrons. The molecule has 0 amide bonds. The first-order valence-corrected chi connectivity index (χ1v) is 8.65. The van der Waals surface area contributed by atoms with Gasteiger partial charge in [-0.15, -0.1) is 11.6 Å². The smallest absolute Gasteiger partial charge is 0.153 e. The van der Waals surface area contributed by atoms with Crippen LogP contribution in [-0.2, 0) is 9.84 Å². The van der Waals surface area contributed by atoms with Crippen molar-refractivity contribution in [1.29, 1.82) is 0 Å². The summed E-state index contributed by atoms with van der Waals surface area (Å²) in [5, 5.41) is 3.22. The second-order valence-electron chi connectivity index (χ2n) is 5.18. The molecule has 0 aromatic carbocycles. The summed E-state index contributed by atoms with van der Waals surface area (Å²) in [6, 6.07) is 0. The van der Waals surface area contributed by atoms with Gasteiger partial charge in [-0.2, -0.15) is 0 Å². The Morgan fingerprint density at radius 3 is 2.53 bits per heavy atom. The Kier molecular flexibility index (Phi) is 6.24. The molecule has 1 saturated carbocycles. The highest BCUT2D eigenvalue weighted by Gasteiger charge is 2.23. The minimum absolute atomic E-state index is 0.227. The first kappa shape index (κ1) is 15.3. The molecule has 2 atom stereocenters. The van der Waals surface area contributed by atoms with Crippen molar-refractivity contribution in [3.63, 3.8) is 0 Å². The maximum atomic E-state index is 11.6. The molecule has 0 bridgehead atoms. The summed E-state index contributed by atoms with van der Waals surface area (Å²) < 4.78 is 23.2. The number of hydrogen-bond donors (Lipinski definition) is 1. The maximum absolute atomic E-state index is 11.6. The van der Waals surface area contributed by atoms with Crippen LogP contribution in [0.1, 0.15) is 39.5 Å². The van der Waals surface area contributed by atoms with Crippen LogP contribution < -0.4 is 5.32 Å². The first-order valence-electron chi connectivity index (χ1n) is 6.50. The predicted molar refractivity (Wildman–Crippen MR) is 73.4 cm³/mol. The van der Waals surface area contributed by atoms with Crippen molar-refractivity contribution in [2.45, 2.75) is 50.2 Å². The van der Waals surface area contributed by atoms with E-state index in [9.17, 15) is 8.42 Å². The van der Waals surface area contributed by atoms with E-state index < -0.39 is 9.84 Å². The van der Waals surface area contributed by atoms with Gasteiger partial charge in [0.25, 0.3) is 0 Å². The third kappa shape index (κ3) is 5.14. The fourth-order valence-corrected chi connectivity index (χ4v) is 3.40. The van der Waals surface area contributed by atoms with Gasteiger partial charge in [-0.05, 0) is 39.2 Å². The molecular weight excluding hydrogens is 258 g/mol. The molecule has 17 heavy (non-hydrogen) atoms. The lowest BCUT2D eigenvalue weighted by molar-refractivity contribution is 0.351. The SMILES string of the molecule is CC(C)S(=O)(=O)CCNCC1CCCCC1Cl. The maximum Gasteiger partial charge on any atom is 0.153 e. The second-order valence-corrected chi connectivity index (χ2v) is 8.42. The molecular formula is C12H24ClNO2S. The van der Waals surface area contributed by atoms with Crippen LogP contribution in [0.15, 0.2) is 0 Å². The van der Waals surface area contributed by atoms with Crippen LogP contribution in [0.2, 0.25) is 0 Å². The van der Waals surface area contributed by atoms with E-state index in [-0.39, 0.29) is 16.4 Å². The molecule has 1 rings (SSSR count). The molecule has 1 fully saturated rings. The highest BCUT2D eigenvalue weighted by molar-refractivity contribution is 7.92. The van der Waals surface area contributed by atoms with E-state index in [4.69, 9.17) is 11.6 Å². The van der Waals surface area contributed by atoms with Crippen LogP contribution in [0.3, 0.4) is 0 Å². The van der Waals surface area contributed by atoms with Crippen molar-refractivity contribution in [2.75, 3.05) is 18.8 Å². The zero-order chi connectivity index (χ0) is 12.9. The highest BCUT2D eigenvalue weighted by Crippen LogP contribution is 2.27. The lowest BCUT2D eigenvalue weighted by Crippen LogP contribution is -2.34. The Hall–Kier alpha value is 0.200. The van der Waals surface area contributed by atoms with Gasteiger partial charge in [-0.25, -0.2) is 8.42 Å². The van der Waals surface area contributed by atoms with Crippen LogP contribution in [0.4, 0.5) is 0 Å². The lowest BCUT2D eigenvalue weighted by atomic mass is 9.89. The monoisotopic (exact) mass is 281 g/mol. The van der Waals surface area contributed by atoms with Crippen molar-refractivity contribution < 1.29 is 8.42 Å². The van der Waals surface area contributed by atoms with Crippen LogP contribution >= 0.6 is 11.6 Å². The molecule has 3 nitrogen and oxygen atoms in total. The fourth-order valence-electron chi connectivity index (χ4n) is 2.13. The minimum Gasteiger partial charge on any atom is -0.315 e. The van der Waals surface area contributed by atoms with Crippen molar-refractivity contribution in [2.24, 2.45) is 5.92 Å². The number of alkyl halides is 1. The Morgan fingerprint density at radius 2 is 1.94 bits per heavy atom. The van der Waals surface area contributed by atoms with Gasteiger partial charge in [0.05, 0.1) is 11.0 Å². The van der Waals surface area contributed by atoms with Crippen LogP contribution in [0.5, 0.6) is 0 Å². The lowest BCUT2D eigenvalue weighted by Gasteiger charge is -2.27.